The Bertz CT molecular complexity index is 394. The minimum absolute atomic E-state index is 0.0293. The Kier molecular flexibility index (Phi) is 4.32. The number of benzene rings is 1. The molecule has 19 heavy (non-hydrogen) atoms. The van der Waals surface area contributed by atoms with Crippen molar-refractivity contribution in [3.05, 3.63) is 35.4 Å². The maximum atomic E-state index is 9.73. The molecular weight excluding hydrogens is 236 g/mol. The Balaban J connectivity index is 2.10. The summed E-state index contributed by atoms with van der Waals surface area (Å²) in [4.78, 5) is 0. The first-order valence-corrected chi connectivity index (χ1v) is 7.23. The molecule has 1 saturated heterocycles. The molecule has 1 N–H and O–H groups in total. The van der Waals surface area contributed by atoms with Gasteiger partial charge in [0.15, 0.2) is 0 Å². The van der Waals surface area contributed by atoms with Crippen LogP contribution in [-0.4, -0.2) is 24.9 Å². The summed E-state index contributed by atoms with van der Waals surface area (Å²) in [6.45, 7) is 8.51. The van der Waals surface area contributed by atoms with Crippen molar-refractivity contribution in [2.75, 3.05) is 19.8 Å². The van der Waals surface area contributed by atoms with Gasteiger partial charge in [0.2, 0.25) is 0 Å². The van der Waals surface area contributed by atoms with Gasteiger partial charge in [0.1, 0.15) is 0 Å². The first-order chi connectivity index (χ1) is 8.95. The van der Waals surface area contributed by atoms with Crippen LogP contribution < -0.4 is 0 Å². The van der Waals surface area contributed by atoms with Crippen molar-refractivity contribution in [3.63, 3.8) is 0 Å². The van der Waals surface area contributed by atoms with Crippen LogP contribution in [0.5, 0.6) is 0 Å². The van der Waals surface area contributed by atoms with Crippen LogP contribution in [0.3, 0.4) is 0 Å². The minimum atomic E-state index is 0.0293. The lowest BCUT2D eigenvalue weighted by Crippen LogP contribution is -2.35. The third-order valence-corrected chi connectivity index (χ3v) is 4.29. The summed E-state index contributed by atoms with van der Waals surface area (Å²) < 4.78 is 5.42. The van der Waals surface area contributed by atoms with Crippen molar-refractivity contribution in [3.8, 4) is 0 Å². The molecule has 1 fully saturated rings. The van der Waals surface area contributed by atoms with E-state index in [2.05, 4.69) is 45.0 Å². The van der Waals surface area contributed by atoms with E-state index in [-0.39, 0.29) is 17.4 Å². The van der Waals surface area contributed by atoms with Crippen molar-refractivity contribution in [2.24, 2.45) is 5.41 Å². The van der Waals surface area contributed by atoms with E-state index < -0.39 is 0 Å². The van der Waals surface area contributed by atoms with Crippen LogP contribution in [0.2, 0.25) is 0 Å². The normalized spacial score (nSPS) is 19.4. The van der Waals surface area contributed by atoms with Gasteiger partial charge < -0.3 is 9.84 Å². The molecule has 0 amide bonds. The van der Waals surface area contributed by atoms with Gasteiger partial charge in [-0.25, -0.2) is 0 Å². The van der Waals surface area contributed by atoms with Crippen molar-refractivity contribution in [1.29, 1.82) is 0 Å². The molecule has 0 aromatic heterocycles. The Labute approximate surface area is 116 Å². The van der Waals surface area contributed by atoms with E-state index in [0.717, 1.165) is 32.5 Å². The second kappa shape index (κ2) is 5.64. The zero-order valence-electron chi connectivity index (χ0n) is 12.4. The van der Waals surface area contributed by atoms with E-state index in [9.17, 15) is 5.11 Å². The predicted octanol–water partition coefficient (Wildman–Crippen LogP) is 3.32. The van der Waals surface area contributed by atoms with Gasteiger partial charge in [-0.1, -0.05) is 45.0 Å². The van der Waals surface area contributed by atoms with Crippen LogP contribution in [0.25, 0.3) is 0 Å². The third-order valence-electron chi connectivity index (χ3n) is 4.29. The van der Waals surface area contributed by atoms with Crippen LogP contribution in [-0.2, 0) is 16.6 Å². The standard InChI is InChI=1S/C17H26O2/c1-16(2,3)15-6-4-14(5-7-15)12-17(13-18)8-10-19-11-9-17/h4-7,18H,8-13H2,1-3H3. The van der Waals surface area contributed by atoms with Gasteiger partial charge >= 0.3 is 0 Å². The predicted molar refractivity (Wildman–Crippen MR) is 78.4 cm³/mol. The zero-order valence-corrected chi connectivity index (χ0v) is 12.4. The van der Waals surface area contributed by atoms with Gasteiger partial charge in [0.25, 0.3) is 0 Å². The molecule has 0 unspecified atom stereocenters. The molecule has 0 saturated carbocycles. The van der Waals surface area contributed by atoms with Crippen molar-refractivity contribution in [2.45, 2.75) is 45.4 Å². The number of rotatable bonds is 3. The highest BCUT2D eigenvalue weighted by atomic mass is 16.5. The van der Waals surface area contributed by atoms with Crippen LogP contribution in [0, 0.1) is 5.41 Å². The van der Waals surface area contributed by atoms with E-state index in [4.69, 9.17) is 4.74 Å². The summed E-state index contributed by atoms with van der Waals surface area (Å²) in [6, 6.07) is 8.88. The van der Waals surface area contributed by atoms with Crippen molar-refractivity contribution < 1.29 is 9.84 Å². The lowest BCUT2D eigenvalue weighted by Gasteiger charge is -2.35. The molecule has 2 nitrogen and oxygen atoms in total. The molecule has 1 heterocycles. The van der Waals surface area contributed by atoms with Crippen LogP contribution in [0.15, 0.2) is 24.3 Å². The maximum absolute atomic E-state index is 9.73. The van der Waals surface area contributed by atoms with Gasteiger partial charge in [-0.2, -0.15) is 0 Å². The second-order valence-corrected chi connectivity index (χ2v) is 6.89. The van der Waals surface area contributed by atoms with Gasteiger partial charge in [-0.05, 0) is 35.8 Å². The van der Waals surface area contributed by atoms with Gasteiger partial charge in [-0.3, -0.25) is 0 Å². The maximum Gasteiger partial charge on any atom is 0.0492 e. The molecule has 0 aliphatic carbocycles. The molecule has 1 aromatic carbocycles. The van der Waals surface area contributed by atoms with Crippen molar-refractivity contribution in [1.82, 2.24) is 0 Å². The molecular formula is C17H26O2. The number of aliphatic hydroxyl groups excluding tert-OH is 1. The highest BCUT2D eigenvalue weighted by Crippen LogP contribution is 2.34. The highest BCUT2D eigenvalue weighted by Gasteiger charge is 2.32. The molecule has 1 aliphatic rings. The zero-order chi connectivity index (χ0) is 13.9. The average Bonchev–Trinajstić information content (AvgIpc) is 2.39. The number of hydrogen-bond donors (Lipinski definition) is 1. The van der Waals surface area contributed by atoms with Gasteiger partial charge in [0, 0.05) is 25.2 Å². The highest BCUT2D eigenvalue weighted by molar-refractivity contribution is 5.28. The summed E-state index contributed by atoms with van der Waals surface area (Å²) in [6.07, 6.45) is 2.88. The third kappa shape index (κ3) is 3.58. The average molecular weight is 262 g/mol. The van der Waals surface area contributed by atoms with Crippen LogP contribution in [0.4, 0.5) is 0 Å². The summed E-state index contributed by atoms with van der Waals surface area (Å²) in [7, 11) is 0. The summed E-state index contributed by atoms with van der Waals surface area (Å²) >= 11 is 0. The van der Waals surface area contributed by atoms with Crippen molar-refractivity contribution >= 4 is 0 Å². The monoisotopic (exact) mass is 262 g/mol. The van der Waals surface area contributed by atoms with E-state index in [1.165, 1.54) is 11.1 Å². The molecule has 0 radical (unpaired) electrons. The van der Waals surface area contributed by atoms with E-state index in [0.29, 0.717) is 0 Å². The quantitative estimate of drug-likeness (QED) is 0.905. The smallest absolute Gasteiger partial charge is 0.0492 e. The topological polar surface area (TPSA) is 29.5 Å². The van der Waals surface area contributed by atoms with Gasteiger partial charge in [-0.15, -0.1) is 0 Å². The van der Waals surface area contributed by atoms with Crippen LogP contribution in [0.1, 0.15) is 44.7 Å². The largest absolute Gasteiger partial charge is 0.396 e. The van der Waals surface area contributed by atoms with Crippen LogP contribution >= 0.6 is 0 Å². The number of ether oxygens (including phenoxy) is 1. The molecule has 1 aromatic rings. The molecule has 0 bridgehead atoms. The molecule has 2 heteroatoms. The first kappa shape index (κ1) is 14.5. The summed E-state index contributed by atoms with van der Waals surface area (Å²) in [5, 5.41) is 9.73. The first-order valence-electron chi connectivity index (χ1n) is 7.23. The lowest BCUT2D eigenvalue weighted by atomic mass is 9.75. The van der Waals surface area contributed by atoms with Gasteiger partial charge in [0.05, 0.1) is 0 Å². The molecule has 1 aliphatic heterocycles. The second-order valence-electron chi connectivity index (χ2n) is 6.89. The molecule has 106 valence electrons. The molecule has 0 spiro atoms. The Morgan fingerprint density at radius 2 is 1.68 bits per heavy atom. The summed E-state index contributed by atoms with van der Waals surface area (Å²) in [5.41, 5.74) is 2.91. The Hall–Kier alpha value is -0.860. The molecule has 0 atom stereocenters. The fourth-order valence-corrected chi connectivity index (χ4v) is 2.75. The fraction of sp³-hybridized carbons (Fsp3) is 0.647. The Morgan fingerprint density at radius 3 is 2.16 bits per heavy atom. The summed E-state index contributed by atoms with van der Waals surface area (Å²) in [5.74, 6) is 0. The lowest BCUT2D eigenvalue weighted by molar-refractivity contribution is -0.0157. The fourth-order valence-electron chi connectivity index (χ4n) is 2.75. The number of hydrogen-bond acceptors (Lipinski definition) is 2. The van der Waals surface area contributed by atoms with E-state index in [1.54, 1.807) is 0 Å². The number of aliphatic hydroxyl groups is 1. The van der Waals surface area contributed by atoms with E-state index >= 15 is 0 Å². The Morgan fingerprint density at radius 1 is 1.11 bits per heavy atom. The van der Waals surface area contributed by atoms with E-state index in [1.807, 2.05) is 0 Å². The minimum Gasteiger partial charge on any atom is -0.396 e. The SMILES string of the molecule is CC(C)(C)c1ccc(CC2(CO)CCOCC2)cc1. The molecule has 2 rings (SSSR count).